The number of halogens is 1. The third-order valence-corrected chi connectivity index (χ3v) is 3.51. The molecule has 3 nitrogen and oxygen atoms in total. The van der Waals surface area contributed by atoms with Crippen LogP contribution in [0.25, 0.3) is 0 Å². The molecule has 1 rings (SSSR count). The van der Waals surface area contributed by atoms with Crippen LogP contribution in [0.3, 0.4) is 0 Å². The molecule has 0 spiro atoms. The van der Waals surface area contributed by atoms with Crippen LogP contribution in [-0.4, -0.2) is 16.2 Å². The predicted octanol–water partition coefficient (Wildman–Crippen LogP) is 3.54. The summed E-state index contributed by atoms with van der Waals surface area (Å²) >= 11 is 4.83. The lowest BCUT2D eigenvalue weighted by Gasteiger charge is -2.16. The van der Waals surface area contributed by atoms with Crippen molar-refractivity contribution in [2.75, 3.05) is 5.32 Å². The number of anilines is 1. The van der Waals surface area contributed by atoms with E-state index in [-0.39, 0.29) is 0 Å². The molecule has 1 heterocycles. The van der Waals surface area contributed by atoms with Crippen LogP contribution in [0.4, 0.5) is 5.13 Å². The molecule has 1 aromatic heterocycles. The molecule has 0 saturated heterocycles. The minimum Gasteiger partial charge on any atom is -0.358 e. The van der Waals surface area contributed by atoms with Gasteiger partial charge >= 0.3 is 0 Å². The summed E-state index contributed by atoms with van der Waals surface area (Å²) in [7, 11) is 0. The molecule has 0 amide bonds. The van der Waals surface area contributed by atoms with E-state index in [1.54, 1.807) is 0 Å². The van der Waals surface area contributed by atoms with Gasteiger partial charge in [-0.05, 0) is 35.2 Å². The lowest BCUT2D eigenvalue weighted by Crippen LogP contribution is -2.18. The SMILES string of the molecule is CCC(C)CC(C)Nc1nnc(Br)s1. The maximum atomic E-state index is 4.00. The zero-order chi connectivity index (χ0) is 10.6. The summed E-state index contributed by atoms with van der Waals surface area (Å²) < 4.78 is 0.829. The molecule has 0 aliphatic carbocycles. The number of rotatable bonds is 5. The monoisotopic (exact) mass is 277 g/mol. The summed E-state index contributed by atoms with van der Waals surface area (Å²) in [5, 5.41) is 12.1. The zero-order valence-electron chi connectivity index (χ0n) is 8.75. The summed E-state index contributed by atoms with van der Waals surface area (Å²) in [5.74, 6) is 0.758. The molecule has 2 atom stereocenters. The van der Waals surface area contributed by atoms with Crippen LogP contribution >= 0.6 is 27.3 Å². The van der Waals surface area contributed by atoms with Crippen molar-refractivity contribution in [3.05, 3.63) is 3.92 Å². The third kappa shape index (κ3) is 3.92. The molecule has 0 radical (unpaired) electrons. The smallest absolute Gasteiger partial charge is 0.206 e. The van der Waals surface area contributed by atoms with Gasteiger partial charge in [0.15, 0.2) is 3.92 Å². The van der Waals surface area contributed by atoms with Crippen LogP contribution in [0.1, 0.15) is 33.6 Å². The molecular formula is C9H16BrN3S. The second-order valence-corrected chi connectivity index (χ2v) is 5.91. The Morgan fingerprint density at radius 3 is 2.64 bits per heavy atom. The predicted molar refractivity (Wildman–Crippen MR) is 64.8 cm³/mol. The van der Waals surface area contributed by atoms with Crippen LogP contribution in [0.5, 0.6) is 0 Å². The number of hydrogen-bond donors (Lipinski definition) is 1. The normalized spacial score (nSPS) is 15.1. The largest absolute Gasteiger partial charge is 0.358 e. The van der Waals surface area contributed by atoms with Crippen molar-refractivity contribution in [1.29, 1.82) is 0 Å². The van der Waals surface area contributed by atoms with Gasteiger partial charge in [0.05, 0.1) is 0 Å². The van der Waals surface area contributed by atoms with Crippen LogP contribution in [0, 0.1) is 5.92 Å². The Bertz CT molecular complexity index is 277. The highest BCUT2D eigenvalue weighted by atomic mass is 79.9. The van der Waals surface area contributed by atoms with Crippen LogP contribution in [0.2, 0.25) is 0 Å². The molecule has 0 saturated carbocycles. The number of nitrogens with zero attached hydrogens (tertiary/aromatic N) is 2. The average Bonchev–Trinajstić information content (AvgIpc) is 2.50. The lowest BCUT2D eigenvalue weighted by molar-refractivity contribution is 0.483. The van der Waals surface area contributed by atoms with Gasteiger partial charge in [-0.25, -0.2) is 0 Å². The molecule has 0 aliphatic heterocycles. The molecule has 1 aromatic rings. The van der Waals surface area contributed by atoms with Crippen molar-refractivity contribution < 1.29 is 0 Å². The molecule has 2 unspecified atom stereocenters. The van der Waals surface area contributed by atoms with Crippen molar-refractivity contribution in [3.63, 3.8) is 0 Å². The minimum atomic E-state index is 0.463. The molecule has 14 heavy (non-hydrogen) atoms. The molecule has 1 N–H and O–H groups in total. The van der Waals surface area contributed by atoms with E-state index in [1.807, 2.05) is 0 Å². The molecule has 80 valence electrons. The fourth-order valence-corrected chi connectivity index (χ4v) is 2.43. The highest BCUT2D eigenvalue weighted by Gasteiger charge is 2.09. The number of aromatic nitrogens is 2. The summed E-state index contributed by atoms with van der Waals surface area (Å²) in [6.07, 6.45) is 2.40. The first-order valence-electron chi connectivity index (χ1n) is 4.87. The fraction of sp³-hybridized carbons (Fsp3) is 0.778. The Hall–Kier alpha value is -0.160. The second kappa shape index (κ2) is 5.66. The van der Waals surface area contributed by atoms with E-state index in [1.165, 1.54) is 24.2 Å². The van der Waals surface area contributed by atoms with E-state index < -0.39 is 0 Å². The van der Waals surface area contributed by atoms with E-state index in [0.717, 1.165) is 15.0 Å². The van der Waals surface area contributed by atoms with E-state index >= 15 is 0 Å². The molecule has 0 fully saturated rings. The molecular weight excluding hydrogens is 262 g/mol. The topological polar surface area (TPSA) is 37.8 Å². The van der Waals surface area contributed by atoms with Crippen molar-refractivity contribution >= 4 is 32.4 Å². The van der Waals surface area contributed by atoms with E-state index in [9.17, 15) is 0 Å². The quantitative estimate of drug-likeness (QED) is 0.895. The van der Waals surface area contributed by atoms with Crippen molar-refractivity contribution in [1.82, 2.24) is 10.2 Å². The first-order valence-corrected chi connectivity index (χ1v) is 6.48. The van der Waals surface area contributed by atoms with Crippen molar-refractivity contribution in [2.24, 2.45) is 5.92 Å². The van der Waals surface area contributed by atoms with Gasteiger partial charge in [0, 0.05) is 6.04 Å². The van der Waals surface area contributed by atoms with Crippen LogP contribution < -0.4 is 5.32 Å². The number of hydrogen-bond acceptors (Lipinski definition) is 4. The van der Waals surface area contributed by atoms with E-state index in [4.69, 9.17) is 0 Å². The Morgan fingerprint density at radius 2 is 2.14 bits per heavy atom. The fourth-order valence-electron chi connectivity index (χ4n) is 1.30. The molecule has 0 aliphatic rings. The summed E-state index contributed by atoms with van der Waals surface area (Å²) in [4.78, 5) is 0. The van der Waals surface area contributed by atoms with Crippen molar-refractivity contribution in [2.45, 2.75) is 39.7 Å². The average molecular weight is 278 g/mol. The van der Waals surface area contributed by atoms with Gasteiger partial charge in [0.2, 0.25) is 5.13 Å². The van der Waals surface area contributed by atoms with Gasteiger partial charge in [0.25, 0.3) is 0 Å². The first-order chi connectivity index (χ1) is 6.61. The standard InChI is InChI=1S/C9H16BrN3S/c1-4-6(2)5-7(3)11-9-13-12-8(10)14-9/h6-7H,4-5H2,1-3H3,(H,11,13). The zero-order valence-corrected chi connectivity index (χ0v) is 11.2. The first kappa shape index (κ1) is 11.9. The Labute approximate surface area is 97.5 Å². The Balaban J connectivity index is 2.37. The second-order valence-electron chi connectivity index (χ2n) is 3.65. The maximum Gasteiger partial charge on any atom is 0.206 e. The van der Waals surface area contributed by atoms with Gasteiger partial charge in [-0.2, -0.15) is 0 Å². The third-order valence-electron chi connectivity index (χ3n) is 2.22. The summed E-state index contributed by atoms with van der Waals surface area (Å²) in [6, 6.07) is 0.463. The highest BCUT2D eigenvalue weighted by Crippen LogP contribution is 2.22. The van der Waals surface area contributed by atoms with Gasteiger partial charge in [0.1, 0.15) is 0 Å². The van der Waals surface area contributed by atoms with Gasteiger partial charge in [-0.15, -0.1) is 10.2 Å². The van der Waals surface area contributed by atoms with E-state index in [0.29, 0.717) is 6.04 Å². The van der Waals surface area contributed by atoms with Crippen molar-refractivity contribution in [3.8, 4) is 0 Å². The Morgan fingerprint density at radius 1 is 1.43 bits per heavy atom. The van der Waals surface area contributed by atoms with Gasteiger partial charge < -0.3 is 5.32 Å². The summed E-state index contributed by atoms with van der Waals surface area (Å²) in [6.45, 7) is 6.68. The molecule has 5 heteroatoms. The lowest BCUT2D eigenvalue weighted by atomic mass is 10.0. The summed E-state index contributed by atoms with van der Waals surface area (Å²) in [5.41, 5.74) is 0. The molecule has 0 aromatic carbocycles. The maximum absolute atomic E-state index is 4.00. The minimum absolute atomic E-state index is 0.463. The van der Waals surface area contributed by atoms with Crippen LogP contribution in [0.15, 0.2) is 3.92 Å². The van der Waals surface area contributed by atoms with Gasteiger partial charge in [-0.1, -0.05) is 31.6 Å². The molecule has 0 bridgehead atoms. The highest BCUT2D eigenvalue weighted by molar-refractivity contribution is 9.11. The number of nitrogens with one attached hydrogen (secondary N) is 1. The van der Waals surface area contributed by atoms with Gasteiger partial charge in [-0.3, -0.25) is 0 Å². The van der Waals surface area contributed by atoms with Crippen LogP contribution in [-0.2, 0) is 0 Å². The Kier molecular flexibility index (Phi) is 4.81. The van der Waals surface area contributed by atoms with E-state index in [2.05, 4.69) is 52.2 Å².